The summed E-state index contributed by atoms with van der Waals surface area (Å²) in [5.41, 5.74) is 15.2. The van der Waals surface area contributed by atoms with Gasteiger partial charge in [0, 0.05) is 30.9 Å². The summed E-state index contributed by atoms with van der Waals surface area (Å²) in [6.45, 7) is 1.27. The number of nitrogen functional groups attached to an aromatic ring is 1. The van der Waals surface area contributed by atoms with Gasteiger partial charge in [-0.1, -0.05) is 6.07 Å². The SMILES string of the molecule is Nc1ccn(-c2ccc3c(c2)CCC(N(CC2CC2)C2CCC(N)CC2)C3)c(=O)n1. The van der Waals surface area contributed by atoms with Crippen molar-refractivity contribution in [2.24, 2.45) is 11.7 Å². The zero-order chi connectivity index (χ0) is 20.7. The first-order chi connectivity index (χ1) is 14.6. The van der Waals surface area contributed by atoms with Crippen LogP contribution in [-0.4, -0.2) is 39.1 Å². The number of aryl methyl sites for hydroxylation is 1. The van der Waals surface area contributed by atoms with Crippen LogP contribution in [0, 0.1) is 5.92 Å². The van der Waals surface area contributed by atoms with Gasteiger partial charge in [-0.25, -0.2) is 4.79 Å². The lowest BCUT2D eigenvalue weighted by Crippen LogP contribution is -2.49. The van der Waals surface area contributed by atoms with Gasteiger partial charge in [0.2, 0.25) is 0 Å². The minimum atomic E-state index is -0.324. The lowest BCUT2D eigenvalue weighted by molar-refractivity contribution is 0.0855. The van der Waals surface area contributed by atoms with Crippen molar-refractivity contribution in [3.63, 3.8) is 0 Å². The summed E-state index contributed by atoms with van der Waals surface area (Å²) in [5, 5.41) is 0. The van der Waals surface area contributed by atoms with Crippen LogP contribution in [0.1, 0.15) is 56.1 Å². The van der Waals surface area contributed by atoms with Crippen molar-refractivity contribution in [1.82, 2.24) is 14.5 Å². The first-order valence-electron chi connectivity index (χ1n) is 11.6. The fourth-order valence-corrected chi connectivity index (χ4v) is 5.40. The Labute approximate surface area is 178 Å². The lowest BCUT2D eigenvalue weighted by atomic mass is 9.84. The van der Waals surface area contributed by atoms with Gasteiger partial charge in [-0.3, -0.25) is 9.47 Å². The van der Waals surface area contributed by atoms with Crippen LogP contribution < -0.4 is 17.2 Å². The molecule has 1 unspecified atom stereocenters. The van der Waals surface area contributed by atoms with Gasteiger partial charge in [0.25, 0.3) is 0 Å². The number of rotatable bonds is 5. The van der Waals surface area contributed by atoms with E-state index in [0.29, 0.717) is 18.1 Å². The van der Waals surface area contributed by atoms with E-state index >= 15 is 0 Å². The molecule has 2 saturated carbocycles. The molecule has 30 heavy (non-hydrogen) atoms. The van der Waals surface area contributed by atoms with Gasteiger partial charge in [0.05, 0.1) is 5.69 Å². The molecular weight excluding hydrogens is 374 g/mol. The second-order valence-corrected chi connectivity index (χ2v) is 9.56. The van der Waals surface area contributed by atoms with Gasteiger partial charge in [-0.15, -0.1) is 0 Å². The fourth-order valence-electron chi connectivity index (χ4n) is 5.40. The van der Waals surface area contributed by atoms with E-state index in [1.54, 1.807) is 16.8 Å². The van der Waals surface area contributed by atoms with Crippen LogP contribution in [0.15, 0.2) is 35.3 Å². The zero-order valence-corrected chi connectivity index (χ0v) is 17.7. The van der Waals surface area contributed by atoms with Crippen molar-refractivity contribution in [2.45, 2.75) is 75.9 Å². The first-order valence-corrected chi connectivity index (χ1v) is 11.6. The molecule has 1 aromatic carbocycles. The molecule has 160 valence electrons. The number of hydrogen-bond acceptors (Lipinski definition) is 5. The van der Waals surface area contributed by atoms with Crippen molar-refractivity contribution in [3.05, 3.63) is 52.1 Å². The molecule has 0 amide bonds. The van der Waals surface area contributed by atoms with Crippen LogP contribution in [0.5, 0.6) is 0 Å². The molecule has 2 aromatic rings. The van der Waals surface area contributed by atoms with Gasteiger partial charge < -0.3 is 11.5 Å². The Bertz CT molecular complexity index is 958. The van der Waals surface area contributed by atoms with Gasteiger partial charge >= 0.3 is 5.69 Å². The van der Waals surface area contributed by atoms with Crippen LogP contribution in [0.4, 0.5) is 5.82 Å². The number of fused-ring (bicyclic) bond motifs is 1. The number of nitrogens with two attached hydrogens (primary N) is 2. The Kier molecular flexibility index (Phi) is 5.37. The lowest BCUT2D eigenvalue weighted by Gasteiger charge is -2.43. The van der Waals surface area contributed by atoms with Crippen LogP contribution in [0.3, 0.4) is 0 Å². The predicted molar refractivity (Wildman–Crippen MR) is 120 cm³/mol. The van der Waals surface area contributed by atoms with Crippen molar-refractivity contribution < 1.29 is 0 Å². The van der Waals surface area contributed by atoms with Gasteiger partial charge in [-0.05, 0) is 93.0 Å². The summed E-state index contributed by atoms with van der Waals surface area (Å²) >= 11 is 0. The monoisotopic (exact) mass is 407 g/mol. The largest absolute Gasteiger partial charge is 0.383 e. The molecule has 0 aliphatic heterocycles. The number of anilines is 1. The van der Waals surface area contributed by atoms with Crippen LogP contribution >= 0.6 is 0 Å². The van der Waals surface area contributed by atoms with Crippen LogP contribution in [-0.2, 0) is 12.8 Å². The third kappa shape index (κ3) is 4.16. The molecule has 1 heterocycles. The Morgan fingerprint density at radius 3 is 2.53 bits per heavy atom. The molecule has 4 N–H and O–H groups in total. The molecule has 0 spiro atoms. The quantitative estimate of drug-likeness (QED) is 0.795. The Hall–Kier alpha value is -2.18. The maximum absolute atomic E-state index is 12.2. The summed E-state index contributed by atoms with van der Waals surface area (Å²) in [4.78, 5) is 18.9. The molecule has 0 radical (unpaired) electrons. The normalized spacial score (nSPS) is 26.5. The molecule has 0 bridgehead atoms. The standard InChI is InChI=1S/C24H33N5O/c25-19-5-9-20(10-6-19)29(15-16-1-2-16)22-8-4-17-13-21(7-3-18(17)14-22)28-12-11-23(26)27-24(28)30/h3,7,11-13,16,19-20,22H,1-2,4-6,8-10,14-15,25H2,(H2,26,27,30). The van der Waals surface area contributed by atoms with Crippen molar-refractivity contribution >= 4 is 5.82 Å². The van der Waals surface area contributed by atoms with E-state index < -0.39 is 0 Å². The third-order valence-electron chi connectivity index (χ3n) is 7.34. The molecular formula is C24H33N5O. The molecule has 6 heteroatoms. The maximum atomic E-state index is 12.2. The highest BCUT2D eigenvalue weighted by Crippen LogP contribution is 2.36. The second-order valence-electron chi connectivity index (χ2n) is 9.56. The molecule has 3 aliphatic carbocycles. The topological polar surface area (TPSA) is 90.2 Å². The molecule has 1 aromatic heterocycles. The summed E-state index contributed by atoms with van der Waals surface area (Å²) in [6.07, 6.45) is 12.7. The third-order valence-corrected chi connectivity index (χ3v) is 7.34. The zero-order valence-electron chi connectivity index (χ0n) is 17.7. The van der Waals surface area contributed by atoms with E-state index in [2.05, 4.69) is 22.0 Å². The average molecular weight is 408 g/mol. The second kappa shape index (κ2) is 8.16. The highest BCUT2D eigenvalue weighted by molar-refractivity contribution is 5.43. The number of nitrogens with zero attached hydrogens (tertiary/aromatic N) is 3. The van der Waals surface area contributed by atoms with Crippen molar-refractivity contribution in [1.29, 1.82) is 0 Å². The van der Waals surface area contributed by atoms with E-state index in [0.717, 1.165) is 24.4 Å². The summed E-state index contributed by atoms with van der Waals surface area (Å²) < 4.78 is 1.58. The van der Waals surface area contributed by atoms with Crippen molar-refractivity contribution in [3.8, 4) is 5.69 Å². The number of aromatic nitrogens is 2. The fraction of sp³-hybridized carbons (Fsp3) is 0.583. The smallest absolute Gasteiger partial charge is 0.354 e. The maximum Gasteiger partial charge on any atom is 0.354 e. The first kappa shape index (κ1) is 19.8. The molecule has 6 nitrogen and oxygen atoms in total. The highest BCUT2D eigenvalue weighted by atomic mass is 16.1. The molecule has 2 fully saturated rings. The minimum absolute atomic E-state index is 0.261. The van der Waals surface area contributed by atoms with E-state index in [1.807, 2.05) is 6.07 Å². The van der Waals surface area contributed by atoms with E-state index in [1.165, 1.54) is 62.6 Å². The Morgan fingerprint density at radius 1 is 1.00 bits per heavy atom. The van der Waals surface area contributed by atoms with Crippen LogP contribution in [0.25, 0.3) is 5.69 Å². The van der Waals surface area contributed by atoms with Gasteiger partial charge in [0.1, 0.15) is 5.82 Å². The van der Waals surface area contributed by atoms with Gasteiger partial charge in [-0.2, -0.15) is 4.98 Å². The van der Waals surface area contributed by atoms with E-state index in [-0.39, 0.29) is 11.5 Å². The van der Waals surface area contributed by atoms with E-state index in [9.17, 15) is 4.79 Å². The molecule has 5 rings (SSSR count). The number of benzene rings is 1. The Morgan fingerprint density at radius 2 is 1.80 bits per heavy atom. The average Bonchev–Trinajstić information content (AvgIpc) is 3.56. The molecule has 0 saturated heterocycles. The minimum Gasteiger partial charge on any atom is -0.383 e. The summed E-state index contributed by atoms with van der Waals surface area (Å²) in [7, 11) is 0. The van der Waals surface area contributed by atoms with Gasteiger partial charge in [0.15, 0.2) is 0 Å². The van der Waals surface area contributed by atoms with E-state index in [4.69, 9.17) is 11.5 Å². The Balaban J connectivity index is 1.35. The summed E-state index contributed by atoms with van der Waals surface area (Å²) in [6, 6.07) is 9.83. The molecule has 1 atom stereocenters. The highest BCUT2D eigenvalue weighted by Gasteiger charge is 2.35. The predicted octanol–water partition coefficient (Wildman–Crippen LogP) is 2.65. The van der Waals surface area contributed by atoms with Crippen LogP contribution in [0.2, 0.25) is 0 Å². The summed E-state index contributed by atoms with van der Waals surface area (Å²) in [5.74, 6) is 1.17. The van der Waals surface area contributed by atoms with Crippen molar-refractivity contribution in [2.75, 3.05) is 12.3 Å². The number of hydrogen-bond donors (Lipinski definition) is 2. The molecule has 3 aliphatic rings.